The van der Waals surface area contributed by atoms with Gasteiger partial charge in [-0.2, -0.15) is 10.5 Å². The largest absolute Gasteiger partial charge is 0.340 e. The third-order valence-corrected chi connectivity index (χ3v) is 3.17. The van der Waals surface area contributed by atoms with Crippen LogP contribution in [0.4, 0.5) is 0 Å². The first-order chi connectivity index (χ1) is 8.19. The number of hydrogen-bond donors (Lipinski definition) is 2. The van der Waals surface area contributed by atoms with Crippen molar-refractivity contribution in [2.75, 3.05) is 0 Å². The van der Waals surface area contributed by atoms with Gasteiger partial charge in [-0.25, -0.2) is 0 Å². The molecule has 1 aliphatic carbocycles. The molecule has 0 aromatic carbocycles. The number of rotatable bonds is 4. The molecule has 0 aliphatic heterocycles. The fourth-order valence-electron chi connectivity index (χ4n) is 2.14. The number of nitrogens with one attached hydrogen (secondary N) is 1. The van der Waals surface area contributed by atoms with Crippen LogP contribution in [0, 0.1) is 28.6 Å². The van der Waals surface area contributed by atoms with Crippen LogP contribution >= 0.6 is 0 Å². The van der Waals surface area contributed by atoms with Crippen LogP contribution in [0.5, 0.6) is 0 Å². The average molecular weight is 234 g/mol. The van der Waals surface area contributed by atoms with Crippen LogP contribution < -0.4 is 11.1 Å². The molecule has 0 saturated heterocycles. The summed E-state index contributed by atoms with van der Waals surface area (Å²) in [4.78, 5) is 11.9. The monoisotopic (exact) mass is 234 g/mol. The molecule has 0 aromatic rings. The van der Waals surface area contributed by atoms with Crippen molar-refractivity contribution in [3.8, 4) is 12.1 Å². The van der Waals surface area contributed by atoms with Gasteiger partial charge in [-0.05, 0) is 19.3 Å². The first kappa shape index (κ1) is 13.5. The van der Waals surface area contributed by atoms with E-state index in [4.69, 9.17) is 16.3 Å². The summed E-state index contributed by atoms with van der Waals surface area (Å²) < 4.78 is 0. The lowest BCUT2D eigenvalue weighted by Gasteiger charge is -2.28. The van der Waals surface area contributed by atoms with Gasteiger partial charge in [0, 0.05) is 12.5 Å². The van der Waals surface area contributed by atoms with Crippen LogP contribution in [0.15, 0.2) is 0 Å². The molecular formula is C12H18N4O. The van der Waals surface area contributed by atoms with Gasteiger partial charge in [-0.3, -0.25) is 4.79 Å². The zero-order chi connectivity index (χ0) is 12.7. The maximum Gasteiger partial charge on any atom is 0.225 e. The summed E-state index contributed by atoms with van der Waals surface area (Å²) in [5, 5.41) is 20.0. The van der Waals surface area contributed by atoms with E-state index in [9.17, 15) is 4.79 Å². The topological polar surface area (TPSA) is 103 Å². The number of hydrogen-bond acceptors (Lipinski definition) is 4. The Kier molecular flexibility index (Phi) is 5.45. The van der Waals surface area contributed by atoms with Gasteiger partial charge >= 0.3 is 0 Å². The summed E-state index contributed by atoms with van der Waals surface area (Å²) in [6.45, 7) is 0. The summed E-state index contributed by atoms with van der Waals surface area (Å²) >= 11 is 0. The number of carbonyl (C=O) groups is 1. The molecule has 0 aromatic heterocycles. The minimum absolute atomic E-state index is 0.0981. The van der Waals surface area contributed by atoms with E-state index >= 15 is 0 Å². The Hall–Kier alpha value is -1.59. The summed E-state index contributed by atoms with van der Waals surface area (Å²) in [5.41, 5.74) is 5.90. The fourth-order valence-corrected chi connectivity index (χ4v) is 2.14. The summed E-state index contributed by atoms with van der Waals surface area (Å²) in [5.74, 6) is -0.316. The number of amides is 1. The van der Waals surface area contributed by atoms with Gasteiger partial charge in [0.15, 0.2) is 0 Å². The standard InChI is InChI=1S/C12H18N4O/c13-7-3-4-9(8-14)16-12(17)10-5-1-2-6-11(10)15/h9-11H,1-6,15H2,(H,16,17)/t9?,10-,11+/m1/s1. The molecule has 0 spiro atoms. The summed E-state index contributed by atoms with van der Waals surface area (Å²) in [7, 11) is 0. The van der Waals surface area contributed by atoms with E-state index in [1.54, 1.807) is 0 Å². The molecule has 0 radical (unpaired) electrons. The fraction of sp³-hybridized carbons (Fsp3) is 0.750. The van der Waals surface area contributed by atoms with Crippen molar-refractivity contribution in [3.05, 3.63) is 0 Å². The molecule has 1 aliphatic rings. The molecule has 17 heavy (non-hydrogen) atoms. The van der Waals surface area contributed by atoms with Crippen molar-refractivity contribution in [3.63, 3.8) is 0 Å². The van der Waals surface area contributed by atoms with E-state index in [-0.39, 0.29) is 24.3 Å². The van der Waals surface area contributed by atoms with Crippen molar-refractivity contribution in [2.45, 2.75) is 50.6 Å². The molecule has 5 nitrogen and oxygen atoms in total. The molecule has 92 valence electrons. The highest BCUT2D eigenvalue weighted by atomic mass is 16.2. The molecule has 0 heterocycles. The summed E-state index contributed by atoms with van der Waals surface area (Å²) in [6, 6.07) is 3.29. The second kappa shape index (κ2) is 6.88. The Balaban J connectivity index is 2.46. The quantitative estimate of drug-likeness (QED) is 0.751. The normalized spacial score (nSPS) is 25.4. The zero-order valence-corrected chi connectivity index (χ0v) is 9.85. The van der Waals surface area contributed by atoms with Crippen LogP contribution in [0.25, 0.3) is 0 Å². The number of nitriles is 2. The van der Waals surface area contributed by atoms with Gasteiger partial charge in [0.05, 0.1) is 18.1 Å². The van der Waals surface area contributed by atoms with Crippen molar-refractivity contribution >= 4 is 5.91 Å². The first-order valence-electron chi connectivity index (χ1n) is 6.01. The highest BCUT2D eigenvalue weighted by Gasteiger charge is 2.29. The van der Waals surface area contributed by atoms with Gasteiger partial charge in [0.1, 0.15) is 6.04 Å². The lowest BCUT2D eigenvalue weighted by molar-refractivity contribution is -0.126. The van der Waals surface area contributed by atoms with Gasteiger partial charge < -0.3 is 11.1 Å². The van der Waals surface area contributed by atoms with Gasteiger partial charge in [-0.15, -0.1) is 0 Å². The van der Waals surface area contributed by atoms with Crippen molar-refractivity contribution < 1.29 is 4.79 Å². The number of nitrogens with zero attached hydrogens (tertiary/aromatic N) is 2. The van der Waals surface area contributed by atoms with E-state index in [0.717, 1.165) is 25.7 Å². The lowest BCUT2D eigenvalue weighted by atomic mass is 9.84. The minimum Gasteiger partial charge on any atom is -0.340 e. The molecule has 3 atom stereocenters. The highest BCUT2D eigenvalue weighted by molar-refractivity contribution is 5.80. The Labute approximate surface area is 102 Å². The lowest BCUT2D eigenvalue weighted by Crippen LogP contribution is -2.46. The Morgan fingerprint density at radius 1 is 1.41 bits per heavy atom. The molecular weight excluding hydrogens is 216 g/mol. The smallest absolute Gasteiger partial charge is 0.225 e. The van der Waals surface area contributed by atoms with E-state index in [0.29, 0.717) is 6.42 Å². The Bertz CT molecular complexity index is 341. The minimum atomic E-state index is -0.573. The van der Waals surface area contributed by atoms with E-state index in [2.05, 4.69) is 5.32 Å². The van der Waals surface area contributed by atoms with Crippen molar-refractivity contribution in [1.29, 1.82) is 10.5 Å². The molecule has 1 rings (SSSR count). The zero-order valence-electron chi connectivity index (χ0n) is 9.85. The molecule has 3 N–H and O–H groups in total. The maximum absolute atomic E-state index is 11.9. The Morgan fingerprint density at radius 3 is 2.71 bits per heavy atom. The summed E-state index contributed by atoms with van der Waals surface area (Å²) in [6.07, 6.45) is 4.40. The van der Waals surface area contributed by atoms with Gasteiger partial charge in [0.25, 0.3) is 0 Å². The molecule has 1 saturated carbocycles. The van der Waals surface area contributed by atoms with Crippen LogP contribution in [-0.4, -0.2) is 18.0 Å². The highest BCUT2D eigenvalue weighted by Crippen LogP contribution is 2.23. The Morgan fingerprint density at radius 2 is 2.12 bits per heavy atom. The van der Waals surface area contributed by atoms with E-state index in [1.807, 2.05) is 12.1 Å². The molecule has 1 amide bonds. The van der Waals surface area contributed by atoms with Crippen LogP contribution in [0.1, 0.15) is 38.5 Å². The predicted octanol–water partition coefficient (Wildman–Crippen LogP) is 0.816. The average Bonchev–Trinajstić information content (AvgIpc) is 2.34. The SMILES string of the molecule is N#CCCC(C#N)NC(=O)[C@@H]1CCCC[C@@H]1N. The number of nitrogens with two attached hydrogens (primary N) is 1. The maximum atomic E-state index is 11.9. The van der Waals surface area contributed by atoms with Crippen LogP contribution in [0.3, 0.4) is 0 Å². The van der Waals surface area contributed by atoms with E-state index < -0.39 is 6.04 Å². The van der Waals surface area contributed by atoms with Crippen molar-refractivity contribution in [2.24, 2.45) is 11.7 Å². The van der Waals surface area contributed by atoms with Gasteiger partial charge in [-0.1, -0.05) is 12.8 Å². The first-order valence-corrected chi connectivity index (χ1v) is 6.01. The molecule has 5 heteroatoms. The predicted molar refractivity (Wildman–Crippen MR) is 62.3 cm³/mol. The van der Waals surface area contributed by atoms with Crippen LogP contribution in [0.2, 0.25) is 0 Å². The second-order valence-corrected chi connectivity index (χ2v) is 4.44. The van der Waals surface area contributed by atoms with Gasteiger partial charge in [0.2, 0.25) is 5.91 Å². The van der Waals surface area contributed by atoms with Crippen LogP contribution in [-0.2, 0) is 4.79 Å². The third-order valence-electron chi connectivity index (χ3n) is 3.17. The second-order valence-electron chi connectivity index (χ2n) is 4.44. The molecule has 1 unspecified atom stereocenters. The molecule has 0 bridgehead atoms. The van der Waals surface area contributed by atoms with E-state index in [1.165, 1.54) is 0 Å². The third kappa shape index (κ3) is 4.05. The number of carbonyl (C=O) groups excluding carboxylic acids is 1. The molecule has 1 fully saturated rings. The van der Waals surface area contributed by atoms with Crippen molar-refractivity contribution in [1.82, 2.24) is 5.32 Å².